The van der Waals surface area contributed by atoms with Crippen LogP contribution in [0.5, 0.6) is 5.75 Å². The fourth-order valence-electron chi connectivity index (χ4n) is 4.10. The van der Waals surface area contributed by atoms with Crippen molar-refractivity contribution in [1.82, 2.24) is 14.8 Å². The number of fused-ring (bicyclic) bond motifs is 4. The average Bonchev–Trinajstić information content (AvgIpc) is 2.72. The molecule has 4 rings (SSSR count). The van der Waals surface area contributed by atoms with Crippen molar-refractivity contribution < 1.29 is 32.3 Å². The van der Waals surface area contributed by atoms with Gasteiger partial charge in [0.1, 0.15) is 29.2 Å². The van der Waals surface area contributed by atoms with E-state index in [-0.39, 0.29) is 31.6 Å². The standard InChI is InChI=1S/C21H19F4N3O4/c22-10-1-2-12-8-27(4-3-10)21(32)17-19(30)18(29)14(9-28(12)17)20(31)26-7-13-15(24)5-11(23)6-16(13)25/h5-6,9-10,12,30H,1-4,7-8H2,(H,26,31)/t10-,12+/m1/s1. The summed E-state index contributed by atoms with van der Waals surface area (Å²) in [4.78, 5) is 39.3. The van der Waals surface area contributed by atoms with Crippen LogP contribution in [0, 0.1) is 17.5 Å². The lowest BCUT2D eigenvalue weighted by molar-refractivity contribution is 0.0594. The van der Waals surface area contributed by atoms with Crippen molar-refractivity contribution in [2.24, 2.45) is 0 Å². The predicted molar refractivity (Wildman–Crippen MR) is 104 cm³/mol. The summed E-state index contributed by atoms with van der Waals surface area (Å²) in [6.07, 6.45) is 0.668. The second kappa shape index (κ2) is 8.29. The van der Waals surface area contributed by atoms with Crippen molar-refractivity contribution in [1.29, 1.82) is 0 Å². The minimum atomic E-state index is -1.21. The van der Waals surface area contributed by atoms with Crippen LogP contribution >= 0.6 is 0 Å². The quantitative estimate of drug-likeness (QED) is 0.699. The smallest absolute Gasteiger partial charge is 0.274 e. The van der Waals surface area contributed by atoms with Gasteiger partial charge in [-0.3, -0.25) is 14.4 Å². The highest BCUT2D eigenvalue weighted by atomic mass is 19.1. The van der Waals surface area contributed by atoms with Gasteiger partial charge in [0.2, 0.25) is 5.43 Å². The Balaban J connectivity index is 1.66. The molecular formula is C21H19F4N3O4. The first kappa shape index (κ1) is 21.8. The van der Waals surface area contributed by atoms with E-state index in [1.165, 1.54) is 9.47 Å². The number of aromatic hydroxyl groups is 1. The molecule has 2 amide bonds. The van der Waals surface area contributed by atoms with Gasteiger partial charge >= 0.3 is 0 Å². The zero-order chi connectivity index (χ0) is 23.2. The molecule has 0 radical (unpaired) electrons. The van der Waals surface area contributed by atoms with E-state index in [0.29, 0.717) is 18.6 Å². The largest absolute Gasteiger partial charge is 0.503 e. The lowest BCUT2D eigenvalue weighted by atomic mass is 9.98. The monoisotopic (exact) mass is 453 g/mol. The lowest BCUT2D eigenvalue weighted by Gasteiger charge is -2.38. The van der Waals surface area contributed by atoms with Gasteiger partial charge in [-0.05, 0) is 19.3 Å². The normalized spacial score (nSPS) is 20.4. The Bertz CT molecular complexity index is 1140. The summed E-state index contributed by atoms with van der Waals surface area (Å²) in [6, 6.07) is 0.439. The molecule has 1 aromatic carbocycles. The lowest BCUT2D eigenvalue weighted by Crippen LogP contribution is -2.47. The first-order chi connectivity index (χ1) is 15.2. The summed E-state index contributed by atoms with van der Waals surface area (Å²) < 4.78 is 55.9. The van der Waals surface area contributed by atoms with E-state index in [2.05, 4.69) is 5.32 Å². The zero-order valence-electron chi connectivity index (χ0n) is 16.7. The van der Waals surface area contributed by atoms with E-state index in [1.54, 1.807) is 0 Å². The topological polar surface area (TPSA) is 91.6 Å². The number of hydrogen-bond donors (Lipinski definition) is 2. The van der Waals surface area contributed by atoms with Gasteiger partial charge in [-0.15, -0.1) is 0 Å². The number of halogens is 4. The molecule has 1 aromatic heterocycles. The number of carbonyl (C=O) groups excluding carboxylic acids is 2. The maximum Gasteiger partial charge on any atom is 0.274 e. The first-order valence-electron chi connectivity index (χ1n) is 10.0. The fraction of sp³-hybridized carbons (Fsp3) is 0.381. The van der Waals surface area contributed by atoms with E-state index in [1.807, 2.05) is 0 Å². The zero-order valence-corrected chi connectivity index (χ0v) is 16.7. The van der Waals surface area contributed by atoms with Gasteiger partial charge in [0.25, 0.3) is 11.8 Å². The van der Waals surface area contributed by atoms with Crippen LogP contribution in [-0.4, -0.2) is 45.6 Å². The van der Waals surface area contributed by atoms with Crippen molar-refractivity contribution in [2.45, 2.75) is 38.0 Å². The summed E-state index contributed by atoms with van der Waals surface area (Å²) in [5.74, 6) is -6.17. The Morgan fingerprint density at radius 1 is 1.12 bits per heavy atom. The highest BCUT2D eigenvalue weighted by Gasteiger charge is 2.37. The molecule has 0 spiro atoms. The molecular weight excluding hydrogens is 434 g/mol. The number of rotatable bonds is 3. The van der Waals surface area contributed by atoms with E-state index >= 15 is 0 Å². The van der Waals surface area contributed by atoms with Crippen molar-refractivity contribution in [3.05, 3.63) is 62.8 Å². The third kappa shape index (κ3) is 3.82. The van der Waals surface area contributed by atoms with Crippen molar-refractivity contribution in [2.75, 3.05) is 13.1 Å². The van der Waals surface area contributed by atoms with Gasteiger partial charge in [0, 0.05) is 43.5 Å². The van der Waals surface area contributed by atoms with Crippen LogP contribution in [0.1, 0.15) is 51.7 Å². The first-order valence-corrected chi connectivity index (χ1v) is 10.0. The third-order valence-corrected chi connectivity index (χ3v) is 5.83. The molecule has 2 aliphatic heterocycles. The summed E-state index contributed by atoms with van der Waals surface area (Å²) >= 11 is 0. The van der Waals surface area contributed by atoms with Crippen molar-refractivity contribution in [3.63, 3.8) is 0 Å². The summed E-state index contributed by atoms with van der Waals surface area (Å²) in [5.41, 5.74) is -2.56. The van der Waals surface area contributed by atoms with Gasteiger partial charge < -0.3 is 19.9 Å². The number of amides is 2. The number of alkyl halides is 1. The van der Waals surface area contributed by atoms with Crippen LogP contribution in [0.25, 0.3) is 0 Å². The molecule has 2 bridgehead atoms. The Labute approximate surface area is 179 Å². The molecule has 1 saturated heterocycles. The Morgan fingerprint density at radius 2 is 1.81 bits per heavy atom. The molecule has 0 saturated carbocycles. The number of nitrogens with zero attached hydrogens (tertiary/aromatic N) is 2. The molecule has 1 fully saturated rings. The van der Waals surface area contributed by atoms with E-state index in [4.69, 9.17) is 0 Å². The van der Waals surface area contributed by atoms with Crippen molar-refractivity contribution in [3.8, 4) is 5.75 Å². The molecule has 0 unspecified atom stereocenters. The average molecular weight is 453 g/mol. The maximum absolute atomic E-state index is 13.9. The van der Waals surface area contributed by atoms with E-state index in [0.717, 1.165) is 6.20 Å². The van der Waals surface area contributed by atoms with Gasteiger partial charge in [-0.25, -0.2) is 17.6 Å². The minimum absolute atomic E-state index is 0.140. The molecule has 2 aromatic rings. The summed E-state index contributed by atoms with van der Waals surface area (Å²) in [6.45, 7) is -0.312. The number of hydrogen-bond acceptors (Lipinski definition) is 4. The number of carbonyl (C=O) groups is 2. The summed E-state index contributed by atoms with van der Waals surface area (Å²) in [7, 11) is 0. The molecule has 3 heterocycles. The SMILES string of the molecule is O=C(NCc1c(F)cc(F)cc1F)c1cn2c(c(O)c1=O)C(=O)N1CC[C@H](F)CC[C@H]2C1. The predicted octanol–water partition coefficient (Wildman–Crippen LogP) is 2.42. The molecule has 2 aliphatic rings. The molecule has 170 valence electrons. The third-order valence-electron chi connectivity index (χ3n) is 5.83. The highest BCUT2D eigenvalue weighted by molar-refractivity contribution is 5.99. The van der Waals surface area contributed by atoms with Gasteiger partial charge in [0.05, 0.1) is 6.04 Å². The maximum atomic E-state index is 13.9. The molecule has 7 nitrogen and oxygen atoms in total. The molecule has 0 aliphatic carbocycles. The van der Waals surface area contributed by atoms with Crippen LogP contribution in [-0.2, 0) is 6.54 Å². The molecule has 32 heavy (non-hydrogen) atoms. The molecule has 2 N–H and O–H groups in total. The van der Waals surface area contributed by atoms with Crippen LogP contribution < -0.4 is 10.7 Å². The minimum Gasteiger partial charge on any atom is -0.503 e. The highest BCUT2D eigenvalue weighted by Crippen LogP contribution is 2.32. The van der Waals surface area contributed by atoms with Gasteiger partial charge in [0.15, 0.2) is 11.4 Å². The fourth-order valence-corrected chi connectivity index (χ4v) is 4.10. The van der Waals surface area contributed by atoms with Crippen LogP contribution in [0.4, 0.5) is 17.6 Å². The Hall–Kier alpha value is -3.37. The second-order valence-corrected chi connectivity index (χ2v) is 7.88. The molecule has 11 heteroatoms. The number of pyridine rings is 1. The number of benzene rings is 1. The van der Waals surface area contributed by atoms with Crippen LogP contribution in [0.2, 0.25) is 0 Å². The molecule has 2 atom stereocenters. The van der Waals surface area contributed by atoms with Crippen LogP contribution in [0.3, 0.4) is 0 Å². The van der Waals surface area contributed by atoms with E-state index in [9.17, 15) is 37.1 Å². The Morgan fingerprint density at radius 3 is 2.50 bits per heavy atom. The van der Waals surface area contributed by atoms with Crippen molar-refractivity contribution >= 4 is 11.8 Å². The van der Waals surface area contributed by atoms with Gasteiger partial charge in [-0.1, -0.05) is 0 Å². The Kier molecular flexibility index (Phi) is 5.66. The number of nitrogens with one attached hydrogen (secondary N) is 1. The second-order valence-electron chi connectivity index (χ2n) is 7.88. The van der Waals surface area contributed by atoms with Gasteiger partial charge in [-0.2, -0.15) is 0 Å². The van der Waals surface area contributed by atoms with Crippen LogP contribution in [0.15, 0.2) is 23.1 Å². The van der Waals surface area contributed by atoms with E-state index < -0.39 is 70.3 Å². The summed E-state index contributed by atoms with van der Waals surface area (Å²) in [5, 5.41) is 12.6. The number of aromatic nitrogens is 1.